The summed E-state index contributed by atoms with van der Waals surface area (Å²) in [7, 11) is 0. The van der Waals surface area contributed by atoms with E-state index < -0.39 is 0 Å². The monoisotopic (exact) mass is 247 g/mol. The number of hydrogen-bond donors (Lipinski definition) is 0. The van der Waals surface area contributed by atoms with Gasteiger partial charge in [0.15, 0.2) is 0 Å². The van der Waals surface area contributed by atoms with Crippen LogP contribution in [0.2, 0.25) is 0 Å². The number of piperidine rings is 1. The van der Waals surface area contributed by atoms with E-state index in [1.807, 2.05) is 0 Å². The first-order valence-corrected chi connectivity index (χ1v) is 7.51. The van der Waals surface area contributed by atoms with Gasteiger partial charge in [0.1, 0.15) is 12.4 Å². The molecule has 1 heterocycles. The van der Waals surface area contributed by atoms with E-state index in [1.54, 1.807) is 0 Å². The van der Waals surface area contributed by atoms with Crippen LogP contribution in [-0.2, 0) is 4.74 Å². The molecule has 2 aliphatic carbocycles. The van der Waals surface area contributed by atoms with E-state index in [0.717, 1.165) is 43.2 Å². The topological polar surface area (TPSA) is 12.5 Å². The lowest BCUT2D eigenvalue weighted by atomic mass is 9.89. The van der Waals surface area contributed by atoms with Gasteiger partial charge in [0.2, 0.25) is 0 Å². The highest BCUT2D eigenvalue weighted by molar-refractivity contribution is 5.15. The van der Waals surface area contributed by atoms with Gasteiger partial charge >= 0.3 is 0 Å². The summed E-state index contributed by atoms with van der Waals surface area (Å²) in [6.07, 6.45) is 14.6. The van der Waals surface area contributed by atoms with Gasteiger partial charge in [0.05, 0.1) is 0 Å². The second-order valence-corrected chi connectivity index (χ2v) is 6.27. The van der Waals surface area contributed by atoms with E-state index in [2.05, 4.69) is 30.1 Å². The molecule has 1 saturated heterocycles. The summed E-state index contributed by atoms with van der Waals surface area (Å²) >= 11 is 0. The lowest BCUT2D eigenvalue weighted by Crippen LogP contribution is -2.43. The third kappa shape index (κ3) is 2.80. The average molecular weight is 247 g/mol. The zero-order valence-corrected chi connectivity index (χ0v) is 11.5. The summed E-state index contributed by atoms with van der Waals surface area (Å²) in [6.45, 7) is 5.59. The van der Waals surface area contributed by atoms with Crippen LogP contribution in [0, 0.1) is 5.41 Å². The maximum Gasteiger partial charge on any atom is 0.115 e. The van der Waals surface area contributed by atoms with Crippen molar-refractivity contribution in [3.05, 3.63) is 24.0 Å². The Bertz CT molecular complexity index is 354. The Morgan fingerprint density at radius 2 is 2.22 bits per heavy atom. The van der Waals surface area contributed by atoms with Crippen molar-refractivity contribution < 1.29 is 4.74 Å². The van der Waals surface area contributed by atoms with Crippen molar-refractivity contribution in [1.82, 2.24) is 4.90 Å². The second kappa shape index (κ2) is 5.08. The molecule has 3 aliphatic rings. The van der Waals surface area contributed by atoms with Gasteiger partial charge in [-0.15, -0.1) is 0 Å². The minimum absolute atomic E-state index is 0.751. The minimum Gasteiger partial charge on any atom is -0.493 e. The van der Waals surface area contributed by atoms with Gasteiger partial charge in [-0.05, 0) is 69.6 Å². The fourth-order valence-electron chi connectivity index (χ4n) is 3.40. The van der Waals surface area contributed by atoms with Crippen LogP contribution >= 0.6 is 0 Å². The average Bonchev–Trinajstić information content (AvgIpc) is 3.13. The predicted molar refractivity (Wildman–Crippen MR) is 74.3 cm³/mol. The number of ether oxygens (including phenoxy) is 1. The lowest BCUT2D eigenvalue weighted by molar-refractivity contribution is 0.0821. The van der Waals surface area contributed by atoms with Gasteiger partial charge < -0.3 is 4.74 Å². The summed E-state index contributed by atoms with van der Waals surface area (Å²) in [4.78, 5) is 2.61. The molecule has 3 rings (SSSR count). The Labute approximate surface area is 111 Å². The molecule has 0 radical (unpaired) electrons. The first kappa shape index (κ1) is 12.3. The van der Waals surface area contributed by atoms with Crippen LogP contribution in [0.5, 0.6) is 0 Å². The number of likely N-dealkylation sites (tertiary alicyclic amines) is 1. The highest BCUT2D eigenvalue weighted by Crippen LogP contribution is 2.55. The number of nitrogens with zero attached hydrogens (tertiary/aromatic N) is 1. The van der Waals surface area contributed by atoms with Crippen LogP contribution in [0.1, 0.15) is 45.4 Å². The van der Waals surface area contributed by atoms with Gasteiger partial charge in [0, 0.05) is 12.6 Å². The van der Waals surface area contributed by atoms with Crippen LogP contribution < -0.4 is 0 Å². The second-order valence-electron chi connectivity index (χ2n) is 6.27. The molecule has 100 valence electrons. The normalized spacial score (nSPS) is 30.3. The summed E-state index contributed by atoms with van der Waals surface area (Å²) in [6, 6.07) is 0.751. The van der Waals surface area contributed by atoms with E-state index >= 15 is 0 Å². The standard InChI is InChI=1S/C16H25NO/c1-14-13-16(7-8-16)9-10-17(14)11-12-18-15-5-3-2-4-6-15/h3,5-6,14H,2,4,7-13H2,1H3. The molecule has 1 aliphatic heterocycles. The molecule has 1 atom stereocenters. The molecule has 0 aromatic carbocycles. The quantitative estimate of drug-likeness (QED) is 0.754. The summed E-state index contributed by atoms with van der Waals surface area (Å²) < 4.78 is 5.83. The summed E-state index contributed by atoms with van der Waals surface area (Å²) in [5.74, 6) is 1.07. The molecule has 2 nitrogen and oxygen atoms in total. The largest absolute Gasteiger partial charge is 0.493 e. The Hall–Kier alpha value is -0.760. The molecular formula is C16H25NO. The third-order valence-corrected chi connectivity index (χ3v) is 4.85. The molecule has 1 spiro atoms. The molecule has 1 saturated carbocycles. The zero-order valence-electron chi connectivity index (χ0n) is 11.5. The van der Waals surface area contributed by atoms with E-state index in [1.165, 1.54) is 32.2 Å². The van der Waals surface area contributed by atoms with E-state index in [9.17, 15) is 0 Å². The van der Waals surface area contributed by atoms with Crippen molar-refractivity contribution >= 4 is 0 Å². The smallest absolute Gasteiger partial charge is 0.115 e. The Balaban J connectivity index is 1.40. The van der Waals surface area contributed by atoms with Crippen molar-refractivity contribution in [2.45, 2.75) is 51.5 Å². The number of rotatable bonds is 4. The van der Waals surface area contributed by atoms with Crippen molar-refractivity contribution in [3.63, 3.8) is 0 Å². The Kier molecular flexibility index (Phi) is 3.47. The van der Waals surface area contributed by atoms with Crippen molar-refractivity contribution in [2.75, 3.05) is 19.7 Å². The van der Waals surface area contributed by atoms with E-state index in [0.29, 0.717) is 0 Å². The minimum atomic E-state index is 0.751. The molecule has 2 fully saturated rings. The van der Waals surface area contributed by atoms with E-state index in [4.69, 9.17) is 4.74 Å². The van der Waals surface area contributed by atoms with Crippen molar-refractivity contribution in [3.8, 4) is 0 Å². The maximum absolute atomic E-state index is 5.83. The molecule has 0 aromatic heterocycles. The predicted octanol–water partition coefficient (Wildman–Crippen LogP) is 3.50. The van der Waals surface area contributed by atoms with Gasteiger partial charge in [-0.25, -0.2) is 0 Å². The highest BCUT2D eigenvalue weighted by Gasteiger charge is 2.46. The Morgan fingerprint density at radius 3 is 2.89 bits per heavy atom. The van der Waals surface area contributed by atoms with Crippen molar-refractivity contribution in [2.24, 2.45) is 5.41 Å². The molecular weight excluding hydrogens is 222 g/mol. The first-order valence-electron chi connectivity index (χ1n) is 7.51. The molecule has 0 aromatic rings. The molecule has 1 unspecified atom stereocenters. The van der Waals surface area contributed by atoms with Crippen LogP contribution in [0.25, 0.3) is 0 Å². The fourth-order valence-corrected chi connectivity index (χ4v) is 3.40. The molecule has 2 heteroatoms. The van der Waals surface area contributed by atoms with Crippen LogP contribution in [0.3, 0.4) is 0 Å². The first-order chi connectivity index (χ1) is 8.77. The highest BCUT2D eigenvalue weighted by atomic mass is 16.5. The van der Waals surface area contributed by atoms with Crippen LogP contribution in [0.4, 0.5) is 0 Å². The SMILES string of the molecule is CC1CC2(CCN1CCOC1=CCCC=C1)CC2. The van der Waals surface area contributed by atoms with Crippen molar-refractivity contribution in [1.29, 1.82) is 0 Å². The van der Waals surface area contributed by atoms with Gasteiger partial charge in [-0.1, -0.05) is 6.08 Å². The summed E-state index contributed by atoms with van der Waals surface area (Å²) in [5.41, 5.74) is 0.769. The lowest BCUT2D eigenvalue weighted by Gasteiger charge is -2.38. The fraction of sp³-hybridized carbons (Fsp3) is 0.750. The van der Waals surface area contributed by atoms with Crippen LogP contribution in [-0.4, -0.2) is 30.6 Å². The van der Waals surface area contributed by atoms with Gasteiger partial charge in [-0.3, -0.25) is 4.90 Å². The molecule has 0 amide bonds. The Morgan fingerprint density at radius 1 is 1.33 bits per heavy atom. The van der Waals surface area contributed by atoms with Crippen LogP contribution in [0.15, 0.2) is 24.0 Å². The maximum atomic E-state index is 5.83. The van der Waals surface area contributed by atoms with Gasteiger partial charge in [-0.2, -0.15) is 0 Å². The van der Waals surface area contributed by atoms with E-state index in [-0.39, 0.29) is 0 Å². The summed E-state index contributed by atoms with van der Waals surface area (Å²) in [5, 5.41) is 0. The third-order valence-electron chi connectivity index (χ3n) is 4.85. The molecule has 0 bridgehead atoms. The zero-order chi connectivity index (χ0) is 12.4. The molecule has 18 heavy (non-hydrogen) atoms. The number of allylic oxidation sites excluding steroid dienone is 3. The van der Waals surface area contributed by atoms with Gasteiger partial charge in [0.25, 0.3) is 0 Å². The number of hydrogen-bond acceptors (Lipinski definition) is 2. The molecule has 0 N–H and O–H groups in total.